The first-order valence-corrected chi connectivity index (χ1v) is 12.6. The van der Waals surface area contributed by atoms with Crippen molar-refractivity contribution in [1.29, 1.82) is 0 Å². The third-order valence-corrected chi connectivity index (χ3v) is 6.75. The number of nitrogens with zero attached hydrogens (tertiary/aromatic N) is 2. The molecule has 1 fully saturated rings. The summed E-state index contributed by atoms with van der Waals surface area (Å²) < 4.78 is 90.2. The molecule has 0 unspecified atom stereocenters. The Bertz CT molecular complexity index is 1520. The number of aromatic nitrogens is 3. The first-order valence-electron chi connectivity index (χ1n) is 12.6. The smallest absolute Gasteiger partial charge is 0.352 e. The Hall–Kier alpha value is -4.17. The van der Waals surface area contributed by atoms with Crippen molar-refractivity contribution in [2.75, 3.05) is 23.8 Å². The molecule has 4 N–H and O–H groups in total. The number of benzene rings is 2. The van der Waals surface area contributed by atoms with Crippen LogP contribution in [0.1, 0.15) is 28.8 Å². The Labute approximate surface area is 229 Å². The van der Waals surface area contributed by atoms with E-state index in [1.807, 2.05) is 0 Å². The van der Waals surface area contributed by atoms with Crippen LogP contribution in [0, 0.1) is 0 Å². The number of halogens is 6. The fourth-order valence-electron chi connectivity index (χ4n) is 4.71. The Balaban J connectivity index is 1.42. The van der Waals surface area contributed by atoms with Crippen LogP contribution < -0.4 is 16.0 Å². The van der Waals surface area contributed by atoms with Crippen LogP contribution >= 0.6 is 0 Å². The highest BCUT2D eigenvalue weighted by Gasteiger charge is 2.73. The lowest BCUT2D eigenvalue weighted by molar-refractivity contribution is -0.390. The number of amides is 1. The van der Waals surface area contributed by atoms with Crippen LogP contribution in [0.15, 0.2) is 67.0 Å². The summed E-state index contributed by atoms with van der Waals surface area (Å²) in [5, 5.41) is 15.8. The van der Waals surface area contributed by atoms with E-state index in [0.717, 1.165) is 17.0 Å². The van der Waals surface area contributed by atoms with Gasteiger partial charge in [-0.3, -0.25) is 9.89 Å². The second-order valence-corrected chi connectivity index (χ2v) is 9.51. The molecule has 0 radical (unpaired) electrons. The molecule has 1 saturated heterocycles. The molecule has 1 amide bonds. The summed E-state index contributed by atoms with van der Waals surface area (Å²) in [7, 11) is 0. The lowest BCUT2D eigenvalue weighted by Gasteiger charge is -2.38. The van der Waals surface area contributed by atoms with Crippen LogP contribution in [0.2, 0.25) is 0 Å². The van der Waals surface area contributed by atoms with Gasteiger partial charge in [0.2, 0.25) is 0 Å². The minimum Gasteiger partial charge on any atom is -0.352 e. The number of carbonyl (C=O) groups excluding carboxylic acids is 1. The van der Waals surface area contributed by atoms with E-state index >= 15 is 0 Å². The van der Waals surface area contributed by atoms with Crippen molar-refractivity contribution in [2.24, 2.45) is 0 Å². The second kappa shape index (κ2) is 11.0. The molecule has 0 aliphatic carbocycles. The van der Waals surface area contributed by atoms with E-state index in [4.69, 9.17) is 4.74 Å². The van der Waals surface area contributed by atoms with Crippen LogP contribution in [0.4, 0.5) is 43.5 Å². The molecule has 2 aromatic heterocycles. The van der Waals surface area contributed by atoms with Gasteiger partial charge in [-0.1, -0.05) is 12.1 Å². The number of alkyl halides is 6. The van der Waals surface area contributed by atoms with Gasteiger partial charge in [0.05, 0.1) is 23.9 Å². The Morgan fingerprint density at radius 3 is 2.54 bits per heavy atom. The largest absolute Gasteiger partial charge is 0.430 e. The van der Waals surface area contributed by atoms with Crippen molar-refractivity contribution in [3.63, 3.8) is 0 Å². The highest BCUT2D eigenvalue weighted by molar-refractivity contribution is 6.08. The third-order valence-electron chi connectivity index (χ3n) is 6.75. The zero-order valence-corrected chi connectivity index (χ0v) is 21.2. The maximum absolute atomic E-state index is 14.3. The van der Waals surface area contributed by atoms with Gasteiger partial charge in [-0.05, 0) is 61.9 Å². The van der Waals surface area contributed by atoms with E-state index in [1.165, 1.54) is 24.4 Å². The summed E-state index contributed by atoms with van der Waals surface area (Å²) in [5.41, 5.74) is -4.81. The zero-order valence-electron chi connectivity index (χ0n) is 21.2. The highest BCUT2D eigenvalue weighted by Crippen LogP contribution is 2.53. The highest BCUT2D eigenvalue weighted by atomic mass is 19.4. The van der Waals surface area contributed by atoms with Crippen LogP contribution in [0.5, 0.6) is 0 Å². The average molecular weight is 579 g/mol. The van der Waals surface area contributed by atoms with Crippen molar-refractivity contribution in [3.05, 3.63) is 78.1 Å². The molecular weight excluding hydrogens is 554 g/mol. The van der Waals surface area contributed by atoms with Gasteiger partial charge < -0.3 is 20.7 Å². The molecule has 0 saturated carbocycles. The lowest BCUT2D eigenvalue weighted by Crippen LogP contribution is -2.57. The topological polar surface area (TPSA) is 104 Å². The third kappa shape index (κ3) is 5.70. The molecule has 4 aromatic rings. The number of carbonyl (C=O) groups is 1. The van der Waals surface area contributed by atoms with Gasteiger partial charge >= 0.3 is 12.4 Å². The average Bonchev–Trinajstić information content (AvgIpc) is 3.60. The second-order valence-electron chi connectivity index (χ2n) is 9.51. The summed E-state index contributed by atoms with van der Waals surface area (Å²) in [6, 6.07) is 11.0. The Morgan fingerprint density at radius 2 is 1.80 bits per heavy atom. The first-order chi connectivity index (χ1) is 19.5. The first kappa shape index (κ1) is 28.4. The number of anilines is 3. The van der Waals surface area contributed by atoms with Gasteiger partial charge in [0, 0.05) is 34.6 Å². The van der Waals surface area contributed by atoms with Crippen molar-refractivity contribution in [1.82, 2.24) is 20.5 Å². The molecule has 216 valence electrons. The number of rotatable bonds is 8. The fraction of sp³-hybridized carbons (Fsp3) is 0.296. The molecule has 2 aromatic carbocycles. The van der Waals surface area contributed by atoms with E-state index in [2.05, 4.69) is 31.1 Å². The number of H-pyrrole nitrogens is 1. The van der Waals surface area contributed by atoms with E-state index in [-0.39, 0.29) is 17.1 Å². The quantitative estimate of drug-likeness (QED) is 0.190. The minimum atomic E-state index is -5.84. The monoisotopic (exact) mass is 578 g/mol. The molecular formula is C27H24F6N6O2. The van der Waals surface area contributed by atoms with Crippen molar-refractivity contribution >= 4 is 34.0 Å². The van der Waals surface area contributed by atoms with Gasteiger partial charge in [0.15, 0.2) is 0 Å². The van der Waals surface area contributed by atoms with Crippen LogP contribution in [-0.2, 0) is 10.3 Å². The van der Waals surface area contributed by atoms with Crippen molar-refractivity contribution in [3.8, 4) is 0 Å². The molecule has 1 aliphatic rings. The lowest BCUT2D eigenvalue weighted by atomic mass is 9.91. The number of fused-ring (bicyclic) bond motifs is 1. The molecule has 14 heteroatoms. The van der Waals surface area contributed by atoms with Gasteiger partial charge in [0.1, 0.15) is 5.82 Å². The van der Waals surface area contributed by atoms with Gasteiger partial charge in [-0.15, -0.1) is 0 Å². The zero-order chi connectivity index (χ0) is 29.3. The molecule has 41 heavy (non-hydrogen) atoms. The van der Waals surface area contributed by atoms with Crippen molar-refractivity contribution < 1.29 is 35.9 Å². The number of ether oxygens (including phenoxy) is 1. The summed E-state index contributed by atoms with van der Waals surface area (Å²) in [4.78, 5) is 17.3. The van der Waals surface area contributed by atoms with Gasteiger partial charge in [0.25, 0.3) is 11.5 Å². The number of hydrogen-bond acceptors (Lipinski definition) is 6. The van der Waals surface area contributed by atoms with Crippen LogP contribution in [0.3, 0.4) is 0 Å². The van der Waals surface area contributed by atoms with Crippen molar-refractivity contribution in [2.45, 2.75) is 36.8 Å². The van der Waals surface area contributed by atoms with Crippen LogP contribution in [-0.4, -0.2) is 52.6 Å². The molecule has 0 bridgehead atoms. The molecule has 5 rings (SSSR count). The number of nitrogens with one attached hydrogen (secondary N) is 4. The number of hydrogen-bond donors (Lipinski definition) is 4. The van der Waals surface area contributed by atoms with Crippen LogP contribution in [0.25, 0.3) is 10.9 Å². The minimum absolute atomic E-state index is 0.00377. The normalized spacial score (nSPS) is 16.2. The predicted octanol–water partition coefficient (Wildman–Crippen LogP) is 6.04. The SMILES string of the molecule is O=C(Nc1cccc(C(OC[C@@H]2CCCN2)(C(F)(F)F)C(F)(F)F)c1)c1cccnc1Nc1ccc2cn[nH]c2c1. The van der Waals surface area contributed by atoms with Gasteiger partial charge in [-0.2, -0.15) is 31.4 Å². The molecule has 1 atom stereocenters. The van der Waals surface area contributed by atoms with E-state index in [0.29, 0.717) is 37.2 Å². The summed E-state index contributed by atoms with van der Waals surface area (Å²) >= 11 is 0. The maximum Gasteiger partial charge on any atom is 0.430 e. The van der Waals surface area contributed by atoms with E-state index < -0.39 is 42.1 Å². The Morgan fingerprint density at radius 1 is 1.00 bits per heavy atom. The standard InChI is InChI=1S/C27H24F6N6O2/c28-26(29,30)25(27(31,32)33,41-15-20-6-2-10-34-20)17-4-1-5-18(12-17)38-24(40)21-7-3-11-35-23(21)37-19-9-8-16-14-36-39-22(16)13-19/h1,3-5,7-9,11-14,20,34H,2,6,10,15H2,(H,35,37)(H,36,39)(H,38,40)/t20-/m0/s1. The van der Waals surface area contributed by atoms with E-state index in [1.54, 1.807) is 24.4 Å². The molecule has 0 spiro atoms. The van der Waals surface area contributed by atoms with Gasteiger partial charge in [-0.25, -0.2) is 4.98 Å². The Kier molecular flexibility index (Phi) is 7.62. The molecule has 1 aliphatic heterocycles. The predicted molar refractivity (Wildman–Crippen MR) is 139 cm³/mol. The number of pyridine rings is 1. The van der Waals surface area contributed by atoms with E-state index in [9.17, 15) is 31.1 Å². The fourth-order valence-corrected chi connectivity index (χ4v) is 4.71. The maximum atomic E-state index is 14.3. The molecule has 3 heterocycles. The summed E-state index contributed by atoms with van der Waals surface area (Å²) in [6.07, 6.45) is -7.63. The summed E-state index contributed by atoms with van der Waals surface area (Å²) in [6.45, 7) is -0.325. The number of aromatic amines is 1. The molecule has 8 nitrogen and oxygen atoms in total. The summed E-state index contributed by atoms with van der Waals surface area (Å²) in [5.74, 6) is -0.687.